The van der Waals surface area contributed by atoms with E-state index in [4.69, 9.17) is 5.11 Å². The van der Waals surface area contributed by atoms with Gasteiger partial charge in [-0.3, -0.25) is 0 Å². The van der Waals surface area contributed by atoms with Gasteiger partial charge in [-0.15, -0.1) is 11.3 Å². The van der Waals surface area contributed by atoms with Gasteiger partial charge in [0, 0.05) is 4.88 Å². The Balaban J connectivity index is 2.63. The number of nitrogens with one attached hydrogen (secondary N) is 2. The summed E-state index contributed by atoms with van der Waals surface area (Å²) in [5.74, 6) is -0.827. The second-order valence-electron chi connectivity index (χ2n) is 5.54. The van der Waals surface area contributed by atoms with Crippen LogP contribution >= 0.6 is 11.3 Å². The molecule has 118 valence electrons. The van der Waals surface area contributed by atoms with Gasteiger partial charge in [0.25, 0.3) is 0 Å². The zero-order chi connectivity index (χ0) is 16.2. The van der Waals surface area contributed by atoms with E-state index in [1.165, 1.54) is 11.3 Å². The molecule has 2 atom stereocenters. The molecule has 0 aliphatic heterocycles. The molecular formula is C14H23N3O3S. The number of thiazole rings is 1. The number of rotatable bonds is 6. The Labute approximate surface area is 129 Å². The molecule has 0 aliphatic rings. The molecule has 2 amide bonds. The van der Waals surface area contributed by atoms with Crippen molar-refractivity contribution in [3.8, 4) is 0 Å². The molecular weight excluding hydrogens is 290 g/mol. The van der Waals surface area contributed by atoms with Crippen LogP contribution in [0.4, 0.5) is 4.79 Å². The largest absolute Gasteiger partial charge is 0.480 e. The fraction of sp³-hybridized carbons (Fsp3) is 0.643. The van der Waals surface area contributed by atoms with Gasteiger partial charge >= 0.3 is 12.0 Å². The molecule has 1 heterocycles. The van der Waals surface area contributed by atoms with Crippen molar-refractivity contribution in [3.63, 3.8) is 0 Å². The Hall–Kier alpha value is -1.63. The molecule has 0 saturated carbocycles. The van der Waals surface area contributed by atoms with Crippen molar-refractivity contribution in [2.24, 2.45) is 5.92 Å². The van der Waals surface area contributed by atoms with Crippen LogP contribution in [0.15, 0.2) is 0 Å². The monoisotopic (exact) mass is 313 g/mol. The van der Waals surface area contributed by atoms with Gasteiger partial charge in [-0.1, -0.05) is 13.8 Å². The minimum atomic E-state index is -1.02. The van der Waals surface area contributed by atoms with Crippen LogP contribution in [-0.2, 0) is 4.79 Å². The zero-order valence-electron chi connectivity index (χ0n) is 13.1. The summed E-state index contributed by atoms with van der Waals surface area (Å²) in [5.41, 5.74) is 0.891. The highest BCUT2D eigenvalue weighted by molar-refractivity contribution is 7.11. The Morgan fingerprint density at radius 1 is 1.24 bits per heavy atom. The molecule has 7 heteroatoms. The average Bonchev–Trinajstić information content (AvgIpc) is 2.66. The van der Waals surface area contributed by atoms with Gasteiger partial charge in [-0.05, 0) is 33.1 Å². The van der Waals surface area contributed by atoms with Crippen LogP contribution < -0.4 is 10.6 Å². The fourth-order valence-electron chi connectivity index (χ4n) is 2.10. The van der Waals surface area contributed by atoms with E-state index in [2.05, 4.69) is 15.6 Å². The van der Waals surface area contributed by atoms with E-state index in [1.54, 1.807) is 0 Å². The lowest BCUT2D eigenvalue weighted by atomic mass is 10.0. The van der Waals surface area contributed by atoms with Gasteiger partial charge in [0.1, 0.15) is 6.04 Å². The molecule has 0 bridgehead atoms. The van der Waals surface area contributed by atoms with E-state index >= 15 is 0 Å². The number of aromatic nitrogens is 1. The number of hydrogen-bond acceptors (Lipinski definition) is 4. The number of carboxylic acids is 1. The molecule has 3 N–H and O–H groups in total. The molecule has 2 unspecified atom stereocenters. The molecule has 1 aromatic heterocycles. The van der Waals surface area contributed by atoms with Crippen molar-refractivity contribution in [1.29, 1.82) is 0 Å². The average molecular weight is 313 g/mol. The summed E-state index contributed by atoms with van der Waals surface area (Å²) in [4.78, 5) is 28.4. The summed E-state index contributed by atoms with van der Waals surface area (Å²) in [5, 5.41) is 15.3. The summed E-state index contributed by atoms with van der Waals surface area (Å²) >= 11 is 1.53. The molecule has 0 radical (unpaired) electrons. The maximum absolute atomic E-state index is 11.9. The van der Waals surface area contributed by atoms with Crippen LogP contribution in [-0.4, -0.2) is 28.1 Å². The maximum Gasteiger partial charge on any atom is 0.326 e. The SMILES string of the molecule is Cc1nc(C)c(C(C)NC(=O)NC(CC(C)C)C(=O)O)s1. The topological polar surface area (TPSA) is 91.3 Å². The number of aryl methyl sites for hydroxylation is 2. The Morgan fingerprint density at radius 3 is 2.29 bits per heavy atom. The standard InChI is InChI=1S/C14H23N3O3S/c1-7(2)6-11(13(18)19)17-14(20)16-9(4)12-8(3)15-10(5)21-12/h7,9,11H,6H2,1-5H3,(H,18,19)(H2,16,17,20). The van der Waals surface area contributed by atoms with Crippen molar-refractivity contribution in [3.05, 3.63) is 15.6 Å². The van der Waals surface area contributed by atoms with Gasteiger partial charge in [0.05, 0.1) is 16.7 Å². The molecule has 0 spiro atoms. The van der Waals surface area contributed by atoms with Crippen molar-refractivity contribution < 1.29 is 14.7 Å². The van der Waals surface area contributed by atoms with E-state index in [1.807, 2.05) is 34.6 Å². The van der Waals surface area contributed by atoms with Crippen LogP contribution in [0.1, 0.15) is 48.8 Å². The van der Waals surface area contributed by atoms with Gasteiger partial charge in [0.2, 0.25) is 0 Å². The zero-order valence-corrected chi connectivity index (χ0v) is 13.9. The van der Waals surface area contributed by atoms with Gasteiger partial charge in [-0.2, -0.15) is 0 Å². The Bertz CT molecular complexity index is 514. The van der Waals surface area contributed by atoms with E-state index in [-0.39, 0.29) is 12.0 Å². The first-order valence-electron chi connectivity index (χ1n) is 6.94. The van der Waals surface area contributed by atoms with Crippen molar-refractivity contribution in [2.45, 2.75) is 53.1 Å². The third kappa shape index (κ3) is 5.34. The van der Waals surface area contributed by atoms with Crippen molar-refractivity contribution in [2.75, 3.05) is 0 Å². The number of carbonyl (C=O) groups is 2. The van der Waals surface area contributed by atoms with E-state index < -0.39 is 18.0 Å². The smallest absolute Gasteiger partial charge is 0.326 e. The third-order valence-electron chi connectivity index (χ3n) is 2.99. The summed E-state index contributed by atoms with van der Waals surface area (Å²) in [6.45, 7) is 9.51. The summed E-state index contributed by atoms with van der Waals surface area (Å²) in [7, 11) is 0. The van der Waals surface area contributed by atoms with Crippen LogP contribution in [0.3, 0.4) is 0 Å². The Morgan fingerprint density at radius 2 is 1.86 bits per heavy atom. The van der Waals surface area contributed by atoms with E-state index in [0.29, 0.717) is 6.42 Å². The highest BCUT2D eigenvalue weighted by Gasteiger charge is 2.22. The van der Waals surface area contributed by atoms with E-state index in [9.17, 15) is 9.59 Å². The molecule has 1 rings (SSSR count). The first-order chi connectivity index (χ1) is 9.70. The second-order valence-corrected chi connectivity index (χ2v) is 6.78. The molecule has 6 nitrogen and oxygen atoms in total. The summed E-state index contributed by atoms with van der Waals surface area (Å²) in [6.07, 6.45) is 0.399. The third-order valence-corrected chi connectivity index (χ3v) is 4.25. The lowest BCUT2D eigenvalue weighted by molar-refractivity contribution is -0.139. The van der Waals surface area contributed by atoms with Crippen LogP contribution in [0.2, 0.25) is 0 Å². The van der Waals surface area contributed by atoms with Gasteiger partial charge in [0.15, 0.2) is 0 Å². The predicted molar refractivity (Wildman–Crippen MR) is 82.5 cm³/mol. The lowest BCUT2D eigenvalue weighted by Crippen LogP contribution is -2.47. The number of aliphatic carboxylic acids is 1. The minimum absolute atomic E-state index is 0.190. The fourth-order valence-corrected chi connectivity index (χ4v) is 3.03. The first-order valence-corrected chi connectivity index (χ1v) is 7.76. The highest BCUT2D eigenvalue weighted by Crippen LogP contribution is 2.24. The lowest BCUT2D eigenvalue weighted by Gasteiger charge is -2.19. The summed E-state index contributed by atoms with van der Waals surface area (Å²) < 4.78 is 0. The second kappa shape index (κ2) is 7.40. The number of nitrogens with zero attached hydrogens (tertiary/aromatic N) is 1. The number of amides is 2. The Kier molecular flexibility index (Phi) is 6.14. The molecule has 0 saturated heterocycles. The van der Waals surface area contributed by atoms with Crippen LogP contribution in [0.25, 0.3) is 0 Å². The molecule has 1 aromatic rings. The maximum atomic E-state index is 11.9. The van der Waals surface area contributed by atoms with Gasteiger partial charge < -0.3 is 15.7 Å². The quantitative estimate of drug-likeness (QED) is 0.753. The normalized spacial score (nSPS) is 13.8. The number of carboxylic acid groups (broad SMARTS) is 1. The van der Waals surface area contributed by atoms with Crippen LogP contribution in [0, 0.1) is 19.8 Å². The number of urea groups is 1. The number of carbonyl (C=O) groups excluding carboxylic acids is 1. The number of hydrogen-bond donors (Lipinski definition) is 3. The van der Waals surface area contributed by atoms with Crippen LogP contribution in [0.5, 0.6) is 0 Å². The minimum Gasteiger partial charge on any atom is -0.480 e. The molecule has 21 heavy (non-hydrogen) atoms. The van der Waals surface area contributed by atoms with Crippen molar-refractivity contribution in [1.82, 2.24) is 15.6 Å². The summed E-state index contributed by atoms with van der Waals surface area (Å²) in [6, 6.07) is -1.55. The van der Waals surface area contributed by atoms with Gasteiger partial charge in [-0.25, -0.2) is 14.6 Å². The predicted octanol–water partition coefficient (Wildman–Crippen LogP) is 2.62. The first kappa shape index (κ1) is 17.4. The van der Waals surface area contributed by atoms with E-state index in [0.717, 1.165) is 15.6 Å². The molecule has 0 aliphatic carbocycles. The highest BCUT2D eigenvalue weighted by atomic mass is 32.1. The molecule has 0 aromatic carbocycles. The van der Waals surface area contributed by atoms with Crippen molar-refractivity contribution >= 4 is 23.3 Å². The molecule has 0 fully saturated rings.